The van der Waals surface area contributed by atoms with Gasteiger partial charge in [0.15, 0.2) is 6.61 Å². The zero-order valence-corrected chi connectivity index (χ0v) is 17.8. The van der Waals surface area contributed by atoms with Crippen molar-refractivity contribution in [1.29, 1.82) is 0 Å². The Hall–Kier alpha value is -2.42. The molecule has 0 aliphatic rings. The normalized spacial score (nSPS) is 10.8. The van der Waals surface area contributed by atoms with E-state index in [1.807, 2.05) is 6.07 Å². The van der Waals surface area contributed by atoms with Gasteiger partial charge in [0.1, 0.15) is 16.5 Å². The lowest BCUT2D eigenvalue weighted by atomic mass is 10.2. The lowest BCUT2D eigenvalue weighted by molar-refractivity contribution is -0.133. The van der Waals surface area contributed by atoms with Crippen LogP contribution in [0.15, 0.2) is 36.4 Å². The minimum absolute atomic E-state index is 0.0214. The SMILES string of the molecule is Cc1nn(-c2ccc(F)cc2)c(Cl)c1C(=O)OCC(=O)N(C)Cc1ccc(Cl)s1. The van der Waals surface area contributed by atoms with Gasteiger partial charge in [-0.2, -0.15) is 5.10 Å². The quantitative estimate of drug-likeness (QED) is 0.513. The van der Waals surface area contributed by atoms with E-state index in [-0.39, 0.29) is 16.6 Å². The van der Waals surface area contributed by atoms with Gasteiger partial charge in [-0.25, -0.2) is 13.9 Å². The van der Waals surface area contributed by atoms with Crippen molar-refractivity contribution < 1.29 is 18.7 Å². The molecule has 10 heteroatoms. The van der Waals surface area contributed by atoms with E-state index in [0.717, 1.165) is 4.88 Å². The van der Waals surface area contributed by atoms with Crippen molar-refractivity contribution in [2.45, 2.75) is 13.5 Å². The van der Waals surface area contributed by atoms with Crippen molar-refractivity contribution in [2.24, 2.45) is 0 Å². The molecule has 0 bridgehead atoms. The standard InChI is InChI=1S/C19H16Cl2FN3O3S/c1-11-17(18(21)25(23-11)13-5-3-12(22)4-6-13)19(27)28-10-16(26)24(2)9-14-7-8-15(20)29-14/h3-8H,9-10H2,1-2H3. The Morgan fingerprint density at radius 3 is 2.52 bits per heavy atom. The molecule has 0 aliphatic carbocycles. The van der Waals surface area contributed by atoms with Crippen LogP contribution in [0.5, 0.6) is 0 Å². The fourth-order valence-corrected chi connectivity index (χ4v) is 4.04. The number of aromatic nitrogens is 2. The first-order valence-corrected chi connectivity index (χ1v) is 10.00. The molecule has 0 atom stereocenters. The number of aryl methyl sites for hydroxylation is 1. The number of rotatable bonds is 6. The summed E-state index contributed by atoms with van der Waals surface area (Å²) in [4.78, 5) is 27.1. The highest BCUT2D eigenvalue weighted by molar-refractivity contribution is 7.16. The van der Waals surface area contributed by atoms with Gasteiger partial charge < -0.3 is 9.64 Å². The van der Waals surface area contributed by atoms with Crippen LogP contribution in [-0.2, 0) is 16.1 Å². The van der Waals surface area contributed by atoms with E-state index in [4.69, 9.17) is 27.9 Å². The molecule has 2 aromatic heterocycles. The summed E-state index contributed by atoms with van der Waals surface area (Å²) in [6.45, 7) is 1.51. The second-order valence-corrected chi connectivity index (χ2v) is 8.33. The van der Waals surface area contributed by atoms with E-state index in [9.17, 15) is 14.0 Å². The fraction of sp³-hybridized carbons (Fsp3) is 0.211. The number of carbonyl (C=O) groups excluding carboxylic acids is 2. The molecule has 0 unspecified atom stereocenters. The molecule has 0 fully saturated rings. The van der Waals surface area contributed by atoms with Crippen LogP contribution in [0.25, 0.3) is 5.69 Å². The molecular formula is C19H16Cl2FN3O3S. The smallest absolute Gasteiger partial charge is 0.343 e. The topological polar surface area (TPSA) is 64.4 Å². The second kappa shape index (κ2) is 8.94. The summed E-state index contributed by atoms with van der Waals surface area (Å²) in [6, 6.07) is 9.07. The predicted octanol–water partition coefficient (Wildman–Crippen LogP) is 4.50. The van der Waals surface area contributed by atoms with Crippen molar-refractivity contribution in [3.63, 3.8) is 0 Å². The summed E-state index contributed by atoms with van der Waals surface area (Å²) in [5, 5.41) is 4.23. The molecule has 0 N–H and O–H groups in total. The molecule has 6 nitrogen and oxygen atoms in total. The molecule has 0 saturated heterocycles. The van der Waals surface area contributed by atoms with Crippen LogP contribution in [-0.4, -0.2) is 40.2 Å². The molecule has 1 aromatic carbocycles. The molecule has 3 rings (SSSR count). The Kier molecular flexibility index (Phi) is 6.56. The van der Waals surface area contributed by atoms with E-state index >= 15 is 0 Å². The second-order valence-electron chi connectivity index (χ2n) is 6.17. The maximum atomic E-state index is 13.1. The lowest BCUT2D eigenvalue weighted by Crippen LogP contribution is -2.30. The van der Waals surface area contributed by atoms with Crippen LogP contribution in [0.4, 0.5) is 4.39 Å². The minimum Gasteiger partial charge on any atom is -0.452 e. The highest BCUT2D eigenvalue weighted by Crippen LogP contribution is 2.25. The number of carbonyl (C=O) groups is 2. The number of ether oxygens (including phenoxy) is 1. The minimum atomic E-state index is -0.762. The van der Waals surface area contributed by atoms with Gasteiger partial charge in [0.25, 0.3) is 5.91 Å². The monoisotopic (exact) mass is 455 g/mol. The number of nitrogens with zero attached hydrogens (tertiary/aromatic N) is 3. The van der Waals surface area contributed by atoms with Crippen molar-refractivity contribution in [3.8, 4) is 5.69 Å². The molecule has 0 saturated carbocycles. The van der Waals surface area contributed by atoms with E-state index in [0.29, 0.717) is 22.3 Å². The van der Waals surface area contributed by atoms with Gasteiger partial charge in [0, 0.05) is 11.9 Å². The first-order valence-electron chi connectivity index (χ1n) is 8.42. The largest absolute Gasteiger partial charge is 0.452 e. The molecule has 1 amide bonds. The van der Waals surface area contributed by atoms with Gasteiger partial charge in [-0.3, -0.25) is 4.79 Å². The maximum Gasteiger partial charge on any atom is 0.343 e. The average Bonchev–Trinajstić information content (AvgIpc) is 3.22. The van der Waals surface area contributed by atoms with Crippen molar-refractivity contribution in [1.82, 2.24) is 14.7 Å². The third-order valence-corrected chi connectivity index (χ3v) is 5.62. The summed E-state index contributed by atoms with van der Waals surface area (Å²) in [5.74, 6) is -1.54. The Morgan fingerprint density at radius 1 is 1.21 bits per heavy atom. The molecule has 0 spiro atoms. The highest BCUT2D eigenvalue weighted by Gasteiger charge is 2.24. The van der Waals surface area contributed by atoms with Gasteiger partial charge in [0.05, 0.1) is 22.3 Å². The van der Waals surface area contributed by atoms with Crippen LogP contribution < -0.4 is 0 Å². The summed E-state index contributed by atoms with van der Waals surface area (Å²) >= 11 is 13.5. The highest BCUT2D eigenvalue weighted by atomic mass is 35.5. The van der Waals surface area contributed by atoms with E-state index < -0.39 is 18.4 Å². The lowest BCUT2D eigenvalue weighted by Gasteiger charge is -2.16. The number of amides is 1. The number of halogens is 3. The van der Waals surface area contributed by atoms with Crippen molar-refractivity contribution in [3.05, 3.63) is 67.8 Å². The Morgan fingerprint density at radius 2 is 1.90 bits per heavy atom. The molecule has 3 aromatic rings. The fourth-order valence-electron chi connectivity index (χ4n) is 2.55. The average molecular weight is 456 g/mol. The number of likely N-dealkylation sites (N-methyl/N-ethyl adjacent to an activating group) is 1. The summed E-state index contributed by atoms with van der Waals surface area (Å²) in [7, 11) is 1.61. The maximum absolute atomic E-state index is 13.1. The van der Waals surface area contributed by atoms with Gasteiger partial charge in [-0.1, -0.05) is 23.2 Å². The Labute approximate surface area is 180 Å². The van der Waals surface area contributed by atoms with Crippen LogP contribution >= 0.6 is 34.5 Å². The van der Waals surface area contributed by atoms with Crippen LogP contribution in [0, 0.1) is 12.7 Å². The summed E-state index contributed by atoms with van der Waals surface area (Å²) in [5.41, 5.74) is 0.874. The molecule has 152 valence electrons. The van der Waals surface area contributed by atoms with Crippen LogP contribution in [0.1, 0.15) is 20.9 Å². The number of benzene rings is 1. The van der Waals surface area contributed by atoms with Gasteiger partial charge >= 0.3 is 5.97 Å². The molecule has 0 aliphatic heterocycles. The molecule has 29 heavy (non-hydrogen) atoms. The number of thiophene rings is 1. The third-order valence-electron chi connectivity index (χ3n) is 4.05. The van der Waals surface area contributed by atoms with Crippen LogP contribution in [0.2, 0.25) is 9.49 Å². The Bertz CT molecular complexity index is 1050. The zero-order chi connectivity index (χ0) is 21.1. The number of hydrogen-bond donors (Lipinski definition) is 0. The molecule has 2 heterocycles. The van der Waals surface area contributed by atoms with E-state index in [1.54, 1.807) is 20.0 Å². The summed E-state index contributed by atoms with van der Waals surface area (Å²) < 4.78 is 20.2. The predicted molar refractivity (Wildman–Crippen MR) is 109 cm³/mol. The number of hydrogen-bond acceptors (Lipinski definition) is 5. The third kappa shape index (κ3) is 4.95. The van der Waals surface area contributed by atoms with Crippen molar-refractivity contribution >= 4 is 46.4 Å². The van der Waals surface area contributed by atoms with Crippen molar-refractivity contribution in [2.75, 3.05) is 13.7 Å². The molecule has 0 radical (unpaired) electrons. The summed E-state index contributed by atoms with van der Waals surface area (Å²) in [6.07, 6.45) is 0. The van der Waals surface area contributed by atoms with E-state index in [2.05, 4.69) is 5.10 Å². The first kappa shape index (κ1) is 21.3. The first-order chi connectivity index (χ1) is 13.8. The van der Waals surface area contributed by atoms with Gasteiger partial charge in [0.2, 0.25) is 0 Å². The van der Waals surface area contributed by atoms with E-state index in [1.165, 1.54) is 45.2 Å². The van der Waals surface area contributed by atoms with Gasteiger partial charge in [-0.15, -0.1) is 11.3 Å². The Balaban J connectivity index is 1.66. The van der Waals surface area contributed by atoms with Crippen LogP contribution in [0.3, 0.4) is 0 Å². The van der Waals surface area contributed by atoms with Gasteiger partial charge in [-0.05, 0) is 43.3 Å². The number of esters is 1. The molecular weight excluding hydrogens is 440 g/mol. The zero-order valence-electron chi connectivity index (χ0n) is 15.5.